The lowest BCUT2D eigenvalue weighted by Gasteiger charge is -2.24. The minimum Gasteiger partial charge on any atom is -0.298 e. The summed E-state index contributed by atoms with van der Waals surface area (Å²) in [6, 6.07) is 6.32. The van der Waals surface area contributed by atoms with Gasteiger partial charge in [-0.1, -0.05) is 0 Å². The summed E-state index contributed by atoms with van der Waals surface area (Å²) in [5.41, 5.74) is 1.14. The molecule has 1 aromatic rings. The summed E-state index contributed by atoms with van der Waals surface area (Å²) in [6.07, 6.45) is 1.66. The van der Waals surface area contributed by atoms with Crippen molar-refractivity contribution in [3.63, 3.8) is 0 Å². The van der Waals surface area contributed by atoms with E-state index in [-0.39, 0.29) is 11.9 Å². The molecule has 0 radical (unpaired) electrons. The monoisotopic (exact) mass is 268 g/mol. The van der Waals surface area contributed by atoms with Crippen LogP contribution in [0.25, 0.3) is 0 Å². The van der Waals surface area contributed by atoms with Gasteiger partial charge in [-0.25, -0.2) is 4.39 Å². The van der Waals surface area contributed by atoms with Gasteiger partial charge in [0.2, 0.25) is 0 Å². The maximum absolute atomic E-state index is 13.2. The highest BCUT2D eigenvalue weighted by atomic mass is 32.2. The highest BCUT2D eigenvalue weighted by molar-refractivity contribution is 7.84. The van der Waals surface area contributed by atoms with Crippen molar-refractivity contribution in [1.82, 2.24) is 4.90 Å². The minimum atomic E-state index is -0.867. The fourth-order valence-corrected chi connectivity index (χ4v) is 2.63. The van der Waals surface area contributed by atoms with E-state index in [0.717, 1.165) is 0 Å². The number of hydrogen-bond donors (Lipinski definition) is 0. The smallest absolute Gasteiger partial charge is 0.123 e. The van der Waals surface area contributed by atoms with Crippen LogP contribution in [-0.2, 0) is 17.3 Å². The topological polar surface area (TPSA) is 44.1 Å². The molecule has 0 spiro atoms. The van der Waals surface area contributed by atoms with Crippen LogP contribution in [0.15, 0.2) is 18.2 Å². The van der Waals surface area contributed by atoms with E-state index < -0.39 is 10.8 Å². The zero-order chi connectivity index (χ0) is 13.7. The van der Waals surface area contributed by atoms with Crippen LogP contribution in [0.4, 0.5) is 4.39 Å². The van der Waals surface area contributed by atoms with Crippen molar-refractivity contribution >= 4 is 10.8 Å². The van der Waals surface area contributed by atoms with E-state index in [0.29, 0.717) is 23.4 Å². The van der Waals surface area contributed by atoms with Gasteiger partial charge in [0.05, 0.1) is 11.6 Å². The molecule has 1 aromatic carbocycles. The van der Waals surface area contributed by atoms with Crippen molar-refractivity contribution in [2.45, 2.75) is 19.5 Å². The first kappa shape index (κ1) is 14.8. The van der Waals surface area contributed by atoms with Crippen LogP contribution in [0.2, 0.25) is 0 Å². The number of nitrogens with zero attached hydrogens (tertiary/aromatic N) is 2. The lowest BCUT2D eigenvalue weighted by molar-refractivity contribution is 0.268. The Morgan fingerprint density at radius 1 is 1.56 bits per heavy atom. The maximum Gasteiger partial charge on any atom is 0.123 e. The third kappa shape index (κ3) is 4.21. The molecule has 0 saturated carbocycles. The molecule has 0 bridgehead atoms. The zero-order valence-corrected chi connectivity index (χ0v) is 11.6. The average Bonchev–Trinajstić information content (AvgIpc) is 2.28. The van der Waals surface area contributed by atoms with E-state index in [9.17, 15) is 8.60 Å². The maximum atomic E-state index is 13.2. The van der Waals surface area contributed by atoms with Crippen molar-refractivity contribution < 1.29 is 8.60 Å². The largest absolute Gasteiger partial charge is 0.298 e. The Kier molecular flexibility index (Phi) is 5.45. The molecule has 0 heterocycles. The van der Waals surface area contributed by atoms with E-state index in [1.165, 1.54) is 18.2 Å². The lowest BCUT2D eigenvalue weighted by atomic mass is 10.1. The second-order valence-electron chi connectivity index (χ2n) is 4.42. The number of rotatable bonds is 5. The Bertz CT molecular complexity index is 484. The molecule has 0 saturated heterocycles. The molecule has 3 nitrogen and oxygen atoms in total. The molecule has 0 N–H and O–H groups in total. The van der Waals surface area contributed by atoms with Gasteiger partial charge in [0.1, 0.15) is 5.82 Å². The Labute approximate surface area is 110 Å². The third-order valence-corrected chi connectivity index (χ3v) is 3.79. The summed E-state index contributed by atoms with van der Waals surface area (Å²) >= 11 is 0. The molecular formula is C13H17FN2OS. The van der Waals surface area contributed by atoms with Gasteiger partial charge in [-0.2, -0.15) is 5.26 Å². The number of halogens is 1. The Hall–Kier alpha value is -1.25. The normalized spacial score (nSPS) is 14.2. The van der Waals surface area contributed by atoms with E-state index >= 15 is 0 Å². The molecule has 0 aromatic heterocycles. The van der Waals surface area contributed by atoms with E-state index in [1.54, 1.807) is 6.26 Å². The Balaban J connectivity index is 2.81. The van der Waals surface area contributed by atoms with Crippen LogP contribution < -0.4 is 0 Å². The van der Waals surface area contributed by atoms with Gasteiger partial charge >= 0.3 is 0 Å². The van der Waals surface area contributed by atoms with Gasteiger partial charge in [0.15, 0.2) is 0 Å². The molecule has 0 aliphatic rings. The molecule has 1 rings (SSSR count). The van der Waals surface area contributed by atoms with Crippen LogP contribution in [0.3, 0.4) is 0 Å². The Morgan fingerprint density at radius 3 is 2.78 bits per heavy atom. The number of nitriles is 1. The van der Waals surface area contributed by atoms with Gasteiger partial charge in [-0.3, -0.25) is 9.11 Å². The van der Waals surface area contributed by atoms with Crippen molar-refractivity contribution in [3.8, 4) is 6.07 Å². The van der Waals surface area contributed by atoms with Gasteiger partial charge in [-0.15, -0.1) is 0 Å². The highest BCUT2D eigenvalue weighted by Crippen LogP contribution is 2.14. The van der Waals surface area contributed by atoms with Gasteiger partial charge in [-0.05, 0) is 37.7 Å². The number of hydrogen-bond acceptors (Lipinski definition) is 3. The van der Waals surface area contributed by atoms with Gasteiger partial charge < -0.3 is 0 Å². The van der Waals surface area contributed by atoms with Gasteiger partial charge in [0, 0.05) is 35.4 Å². The van der Waals surface area contributed by atoms with Crippen molar-refractivity contribution in [3.05, 3.63) is 35.1 Å². The van der Waals surface area contributed by atoms with Crippen molar-refractivity contribution in [2.75, 3.05) is 19.1 Å². The molecular weight excluding hydrogens is 251 g/mol. The van der Waals surface area contributed by atoms with Gasteiger partial charge in [0.25, 0.3) is 0 Å². The third-order valence-electron chi connectivity index (χ3n) is 2.84. The van der Waals surface area contributed by atoms with E-state index in [1.807, 2.05) is 18.9 Å². The molecule has 0 aliphatic heterocycles. The Morgan fingerprint density at radius 2 is 2.22 bits per heavy atom. The lowest BCUT2D eigenvalue weighted by Crippen LogP contribution is -2.33. The van der Waals surface area contributed by atoms with Crippen LogP contribution in [0, 0.1) is 17.1 Å². The molecule has 18 heavy (non-hydrogen) atoms. The fourth-order valence-electron chi connectivity index (χ4n) is 1.69. The fraction of sp³-hybridized carbons (Fsp3) is 0.462. The molecule has 0 amide bonds. The molecule has 0 fully saturated rings. The van der Waals surface area contributed by atoms with Crippen LogP contribution >= 0.6 is 0 Å². The summed E-state index contributed by atoms with van der Waals surface area (Å²) < 4.78 is 24.3. The molecule has 98 valence electrons. The predicted octanol–water partition coefficient (Wildman–Crippen LogP) is 1.90. The molecule has 5 heteroatoms. The molecule has 2 unspecified atom stereocenters. The average molecular weight is 268 g/mol. The van der Waals surface area contributed by atoms with E-state index in [2.05, 4.69) is 6.07 Å². The predicted molar refractivity (Wildman–Crippen MR) is 71.0 cm³/mol. The quantitative estimate of drug-likeness (QED) is 0.819. The van der Waals surface area contributed by atoms with Crippen LogP contribution in [-0.4, -0.2) is 34.2 Å². The summed E-state index contributed by atoms with van der Waals surface area (Å²) in [4.78, 5) is 1.97. The van der Waals surface area contributed by atoms with Crippen molar-refractivity contribution in [2.24, 2.45) is 0 Å². The highest BCUT2D eigenvalue weighted by Gasteiger charge is 2.13. The summed E-state index contributed by atoms with van der Waals surface area (Å²) in [5, 5.41) is 8.97. The van der Waals surface area contributed by atoms with E-state index in [4.69, 9.17) is 5.26 Å². The molecule has 0 aliphatic carbocycles. The van der Waals surface area contributed by atoms with Crippen LogP contribution in [0.1, 0.15) is 18.1 Å². The SMILES string of the molecule is CC(CS(C)=O)N(C)Cc1cc(F)ccc1C#N. The van der Waals surface area contributed by atoms with Crippen molar-refractivity contribution in [1.29, 1.82) is 5.26 Å². The summed E-state index contributed by atoms with van der Waals surface area (Å²) in [5.74, 6) is 0.220. The first-order valence-corrected chi connectivity index (χ1v) is 7.35. The first-order chi connectivity index (χ1) is 8.43. The minimum absolute atomic E-state index is 0.116. The first-order valence-electron chi connectivity index (χ1n) is 5.63. The summed E-state index contributed by atoms with van der Waals surface area (Å²) in [6.45, 7) is 2.44. The van der Waals surface area contributed by atoms with Crippen LogP contribution in [0.5, 0.6) is 0 Å². The molecule has 2 atom stereocenters. The zero-order valence-electron chi connectivity index (χ0n) is 10.8. The summed E-state index contributed by atoms with van der Waals surface area (Å²) in [7, 11) is 1.01. The second-order valence-corrected chi connectivity index (χ2v) is 5.90. The number of benzene rings is 1. The second kappa shape index (κ2) is 6.62. The standard InChI is InChI=1S/C13H17FN2OS/c1-10(9-18(3)17)16(2)8-12-6-13(14)5-4-11(12)7-15/h4-6,10H,8-9H2,1-3H3.